The summed E-state index contributed by atoms with van der Waals surface area (Å²) >= 11 is 1.35. The maximum Gasteiger partial charge on any atom is 0.258 e. The van der Waals surface area contributed by atoms with Gasteiger partial charge in [-0.1, -0.05) is 42.5 Å². The maximum absolute atomic E-state index is 11.4. The summed E-state index contributed by atoms with van der Waals surface area (Å²) in [5, 5.41) is 12.8. The Morgan fingerprint density at radius 2 is 1.60 bits per heavy atom. The lowest BCUT2D eigenvalue weighted by Gasteiger charge is -2.08. The Morgan fingerprint density at radius 1 is 1.00 bits per heavy atom. The lowest BCUT2D eigenvalue weighted by Crippen LogP contribution is -2.10. The number of rotatable bonds is 4. The Kier molecular flexibility index (Phi) is 6.50. The van der Waals surface area contributed by atoms with Crippen molar-refractivity contribution in [1.82, 2.24) is 4.98 Å². The molecule has 2 aromatic carbocycles. The first kappa shape index (κ1) is 21.5. The second-order valence-corrected chi connectivity index (χ2v) is 8.90. The third-order valence-corrected chi connectivity index (χ3v) is 5.04. The summed E-state index contributed by atoms with van der Waals surface area (Å²) in [6, 6.07) is 20.3. The zero-order chi connectivity index (χ0) is 21.7. The van der Waals surface area contributed by atoms with Crippen LogP contribution in [0.5, 0.6) is 0 Å². The fourth-order valence-electron chi connectivity index (χ4n) is 2.71. The summed E-state index contributed by atoms with van der Waals surface area (Å²) in [6.45, 7) is 5.23. The van der Waals surface area contributed by atoms with Crippen molar-refractivity contribution in [3.63, 3.8) is 0 Å². The van der Waals surface area contributed by atoms with E-state index in [1.165, 1.54) is 16.9 Å². The second-order valence-electron chi connectivity index (χ2n) is 7.81. The molecule has 0 spiro atoms. The monoisotopic (exact) mass is 419 g/mol. The first-order valence-corrected chi connectivity index (χ1v) is 10.3. The Balaban J connectivity index is 0.000000461. The minimum atomic E-state index is -0.500. The van der Waals surface area contributed by atoms with Crippen molar-refractivity contribution in [1.29, 1.82) is 0 Å². The summed E-state index contributed by atoms with van der Waals surface area (Å²) in [4.78, 5) is 16.2. The van der Waals surface area contributed by atoms with Crippen molar-refractivity contribution < 1.29 is 9.90 Å². The molecule has 0 saturated heterocycles. The van der Waals surface area contributed by atoms with Crippen molar-refractivity contribution in [3.8, 4) is 11.1 Å². The summed E-state index contributed by atoms with van der Waals surface area (Å²) < 4.78 is 0.930. The first-order chi connectivity index (χ1) is 14.2. The number of aliphatic hydroxyl groups is 1. The lowest BCUT2D eigenvalue weighted by atomic mass is 10.1. The Labute approximate surface area is 180 Å². The third kappa shape index (κ3) is 5.89. The van der Waals surface area contributed by atoms with Crippen molar-refractivity contribution in [2.24, 2.45) is 5.73 Å². The number of benzene rings is 2. The Bertz CT molecular complexity index is 1120. The van der Waals surface area contributed by atoms with Gasteiger partial charge in [-0.15, -0.1) is 11.3 Å². The average molecular weight is 420 g/mol. The number of thiophene rings is 1. The van der Waals surface area contributed by atoms with Crippen LogP contribution < -0.4 is 11.1 Å². The van der Waals surface area contributed by atoms with Gasteiger partial charge in [0.2, 0.25) is 0 Å². The number of nitrogens with one attached hydrogen (secondary N) is 1. The summed E-state index contributed by atoms with van der Waals surface area (Å²) in [5.41, 5.74) is 9.04. The number of carbonyl (C=O) groups is 1. The van der Waals surface area contributed by atoms with Gasteiger partial charge in [0, 0.05) is 17.3 Å². The van der Waals surface area contributed by atoms with E-state index in [0.717, 1.165) is 27.0 Å². The number of aromatic nitrogens is 1. The van der Waals surface area contributed by atoms with Gasteiger partial charge in [0.05, 0.1) is 27.1 Å². The molecule has 2 aromatic heterocycles. The van der Waals surface area contributed by atoms with E-state index in [0.29, 0.717) is 4.88 Å². The fourth-order valence-corrected chi connectivity index (χ4v) is 3.62. The average Bonchev–Trinajstić information content (AvgIpc) is 3.14. The number of primary amides is 1. The molecule has 0 radical (unpaired) electrons. The van der Waals surface area contributed by atoms with Gasteiger partial charge < -0.3 is 16.2 Å². The van der Waals surface area contributed by atoms with Crippen molar-refractivity contribution in [3.05, 3.63) is 77.9 Å². The van der Waals surface area contributed by atoms with Gasteiger partial charge in [-0.05, 0) is 50.1 Å². The van der Waals surface area contributed by atoms with E-state index in [2.05, 4.69) is 34.6 Å². The molecule has 0 aliphatic rings. The van der Waals surface area contributed by atoms with Gasteiger partial charge in [0.25, 0.3) is 5.91 Å². The zero-order valence-corrected chi connectivity index (χ0v) is 18.0. The fraction of sp³-hybridized carbons (Fsp3) is 0.167. The minimum absolute atomic E-state index is 0.417. The van der Waals surface area contributed by atoms with Crippen molar-refractivity contribution in [2.75, 3.05) is 5.32 Å². The number of hydrogen-bond acceptors (Lipinski definition) is 5. The molecule has 4 N–H and O–H groups in total. The molecule has 0 saturated carbocycles. The molecule has 6 heteroatoms. The van der Waals surface area contributed by atoms with Crippen LogP contribution in [0.4, 0.5) is 11.4 Å². The smallest absolute Gasteiger partial charge is 0.258 e. The topological polar surface area (TPSA) is 88.2 Å². The second kappa shape index (κ2) is 9.07. The SMILES string of the molecule is CC(C)(C)O.NC(=O)c1cc2c(Nc3ccc(-c4ccccc4)cc3)cncc2s1. The molecule has 0 atom stereocenters. The van der Waals surface area contributed by atoms with Crippen LogP contribution >= 0.6 is 11.3 Å². The molecule has 30 heavy (non-hydrogen) atoms. The third-order valence-electron chi connectivity index (χ3n) is 3.96. The quantitative estimate of drug-likeness (QED) is 0.403. The molecule has 154 valence electrons. The number of pyridine rings is 1. The molecule has 4 rings (SSSR count). The molecule has 2 heterocycles. The highest BCUT2D eigenvalue weighted by Crippen LogP contribution is 2.32. The molecule has 0 aliphatic heterocycles. The van der Waals surface area contributed by atoms with Crippen LogP contribution in [-0.4, -0.2) is 21.6 Å². The predicted octanol–water partition coefficient (Wildman–Crippen LogP) is 5.58. The first-order valence-electron chi connectivity index (χ1n) is 9.53. The molecule has 1 amide bonds. The molecule has 0 unspecified atom stereocenters. The molecule has 0 aliphatic carbocycles. The van der Waals surface area contributed by atoms with Gasteiger partial charge >= 0.3 is 0 Å². The Morgan fingerprint density at radius 3 is 2.20 bits per heavy atom. The van der Waals surface area contributed by atoms with Crippen LogP contribution in [0.3, 0.4) is 0 Å². The van der Waals surface area contributed by atoms with Gasteiger partial charge in [0.15, 0.2) is 0 Å². The molecule has 0 fully saturated rings. The molecule has 5 nitrogen and oxygen atoms in total. The number of fused-ring (bicyclic) bond motifs is 1. The van der Waals surface area contributed by atoms with Gasteiger partial charge in [-0.3, -0.25) is 9.78 Å². The van der Waals surface area contributed by atoms with Crippen LogP contribution in [0.15, 0.2) is 73.1 Å². The van der Waals surface area contributed by atoms with E-state index >= 15 is 0 Å². The number of amides is 1. The highest BCUT2D eigenvalue weighted by Gasteiger charge is 2.10. The van der Waals surface area contributed by atoms with Crippen molar-refractivity contribution in [2.45, 2.75) is 26.4 Å². The van der Waals surface area contributed by atoms with E-state index in [9.17, 15) is 4.79 Å². The van der Waals surface area contributed by atoms with Crippen LogP contribution in [0, 0.1) is 0 Å². The van der Waals surface area contributed by atoms with E-state index in [1.807, 2.05) is 36.4 Å². The maximum atomic E-state index is 11.4. The van der Waals surface area contributed by atoms with E-state index in [-0.39, 0.29) is 0 Å². The number of carbonyl (C=O) groups excluding carboxylic acids is 1. The van der Waals surface area contributed by atoms with Gasteiger partial charge in [0.1, 0.15) is 0 Å². The van der Waals surface area contributed by atoms with Crippen LogP contribution in [0.2, 0.25) is 0 Å². The molecular weight excluding hydrogens is 394 g/mol. The minimum Gasteiger partial charge on any atom is -0.391 e. The number of nitrogens with zero attached hydrogens (tertiary/aromatic N) is 1. The van der Waals surface area contributed by atoms with Gasteiger partial charge in [-0.25, -0.2) is 0 Å². The van der Waals surface area contributed by atoms with E-state index < -0.39 is 11.5 Å². The van der Waals surface area contributed by atoms with Crippen LogP contribution in [-0.2, 0) is 0 Å². The van der Waals surface area contributed by atoms with Gasteiger partial charge in [-0.2, -0.15) is 0 Å². The number of anilines is 2. The standard InChI is InChI=1S/C20H15N3OS.C4H10O/c21-20(24)18-10-16-17(11-22-12-19(16)25-18)23-15-8-6-14(7-9-15)13-4-2-1-3-5-13;1-4(2,3)5/h1-12,23H,(H2,21,24);5H,1-3H3. The summed E-state index contributed by atoms with van der Waals surface area (Å²) in [5.74, 6) is -0.417. The molecule has 4 aromatic rings. The highest BCUT2D eigenvalue weighted by atomic mass is 32.1. The van der Waals surface area contributed by atoms with E-state index in [4.69, 9.17) is 10.8 Å². The predicted molar refractivity (Wildman–Crippen MR) is 125 cm³/mol. The molecule has 0 bridgehead atoms. The largest absolute Gasteiger partial charge is 0.391 e. The zero-order valence-electron chi connectivity index (χ0n) is 17.2. The number of hydrogen-bond donors (Lipinski definition) is 3. The van der Waals surface area contributed by atoms with Crippen LogP contribution in [0.25, 0.3) is 21.2 Å². The lowest BCUT2D eigenvalue weighted by molar-refractivity contribution is 0.1000. The number of nitrogens with two attached hydrogens (primary N) is 1. The summed E-state index contributed by atoms with van der Waals surface area (Å²) in [6.07, 6.45) is 3.50. The normalized spacial score (nSPS) is 10.9. The summed E-state index contributed by atoms with van der Waals surface area (Å²) in [7, 11) is 0. The van der Waals surface area contributed by atoms with Crippen LogP contribution in [0.1, 0.15) is 30.4 Å². The highest BCUT2D eigenvalue weighted by molar-refractivity contribution is 7.20. The van der Waals surface area contributed by atoms with E-state index in [1.54, 1.807) is 33.2 Å². The van der Waals surface area contributed by atoms with Crippen molar-refractivity contribution >= 4 is 38.7 Å². The molecular formula is C24H25N3O2S. The Hall–Kier alpha value is -3.22.